The summed E-state index contributed by atoms with van der Waals surface area (Å²) in [6.07, 6.45) is 10.8. The first-order valence-electron chi connectivity index (χ1n) is 14.0. The summed E-state index contributed by atoms with van der Waals surface area (Å²) in [6, 6.07) is 9.89. The second-order valence-electron chi connectivity index (χ2n) is 10.9. The number of aromatic nitrogens is 6. The lowest BCUT2D eigenvalue weighted by atomic mass is 9.73. The number of piperidine rings is 1. The standard InChI is InChI=1S/C30H29Cl2N9OS/c1-17-27(33)30(16-42-17)7-10-41(11-8-30)23-14-37-24(15-36-23)43-22-6-9-34-28(25(22)32)40-29-38-13-20(31)26(39-29)19-12-35-21-5-3-2-4-18(19)21/h2-6,9,12-15,17,27,35H,7-8,10-11,16,33H2,1H3,(H,34,38,39,40)/t17-,27+/m0/s1. The number of fused-ring (bicyclic) bond motifs is 1. The summed E-state index contributed by atoms with van der Waals surface area (Å²) in [5.41, 5.74) is 9.02. The van der Waals surface area contributed by atoms with E-state index in [0.29, 0.717) is 27.5 Å². The molecule has 0 unspecified atom stereocenters. The predicted octanol–water partition coefficient (Wildman–Crippen LogP) is 6.34. The number of anilines is 3. The Morgan fingerprint density at radius 1 is 1.07 bits per heavy atom. The summed E-state index contributed by atoms with van der Waals surface area (Å²) in [7, 11) is 0. The van der Waals surface area contributed by atoms with Crippen molar-refractivity contribution in [3.63, 3.8) is 0 Å². The monoisotopic (exact) mass is 633 g/mol. The fraction of sp³-hybridized carbons (Fsp3) is 0.300. The van der Waals surface area contributed by atoms with Crippen LogP contribution in [0.4, 0.5) is 17.6 Å². The molecule has 1 spiro atoms. The van der Waals surface area contributed by atoms with Gasteiger partial charge in [0.15, 0.2) is 5.82 Å². The summed E-state index contributed by atoms with van der Waals surface area (Å²) in [5, 5.41) is 5.75. The first-order valence-corrected chi connectivity index (χ1v) is 15.6. The number of rotatable bonds is 6. The number of aromatic amines is 1. The third-order valence-corrected chi connectivity index (χ3v) is 10.2. The minimum atomic E-state index is 0.0675. The zero-order valence-corrected chi connectivity index (χ0v) is 25.6. The van der Waals surface area contributed by atoms with Gasteiger partial charge in [-0.1, -0.05) is 53.2 Å². The average molecular weight is 635 g/mol. The summed E-state index contributed by atoms with van der Waals surface area (Å²) in [4.78, 5) is 29.1. The molecule has 2 atom stereocenters. The van der Waals surface area contributed by atoms with Gasteiger partial charge in [-0.3, -0.25) is 0 Å². The van der Waals surface area contributed by atoms with E-state index in [9.17, 15) is 0 Å². The Kier molecular flexibility index (Phi) is 7.60. The maximum atomic E-state index is 6.78. The molecule has 4 aromatic heterocycles. The van der Waals surface area contributed by atoms with E-state index in [0.717, 1.165) is 64.7 Å². The molecule has 2 aliphatic heterocycles. The van der Waals surface area contributed by atoms with E-state index in [4.69, 9.17) is 38.7 Å². The van der Waals surface area contributed by atoms with Gasteiger partial charge < -0.3 is 25.7 Å². The maximum Gasteiger partial charge on any atom is 0.229 e. The van der Waals surface area contributed by atoms with E-state index in [1.807, 2.05) is 42.7 Å². The molecule has 0 bridgehead atoms. The summed E-state index contributed by atoms with van der Waals surface area (Å²) in [5.74, 6) is 1.61. The van der Waals surface area contributed by atoms with Gasteiger partial charge in [0.05, 0.1) is 47.0 Å². The fourth-order valence-corrected chi connectivity index (χ4v) is 7.09. The van der Waals surface area contributed by atoms with E-state index in [2.05, 4.69) is 42.1 Å². The average Bonchev–Trinajstić information content (AvgIpc) is 3.58. The number of hydrogen-bond acceptors (Lipinski definition) is 10. The Balaban J connectivity index is 1.04. The van der Waals surface area contributed by atoms with Crippen LogP contribution < -0.4 is 16.0 Å². The highest BCUT2D eigenvalue weighted by molar-refractivity contribution is 7.99. The highest BCUT2D eigenvalue weighted by atomic mass is 35.5. The quantitative estimate of drug-likeness (QED) is 0.194. The van der Waals surface area contributed by atoms with Crippen molar-refractivity contribution in [2.75, 3.05) is 29.9 Å². The SMILES string of the molecule is C[C@@H]1OCC2(CCN(c3cnc(Sc4ccnc(Nc5ncc(Cl)c(-c6c[nH]c7ccccc67)n5)c4Cl)cn3)CC2)[C@@H]1N. The minimum Gasteiger partial charge on any atom is -0.376 e. The van der Waals surface area contributed by atoms with Gasteiger partial charge >= 0.3 is 0 Å². The van der Waals surface area contributed by atoms with Crippen LogP contribution in [0.5, 0.6) is 0 Å². The molecule has 43 heavy (non-hydrogen) atoms. The normalized spacial score (nSPS) is 19.8. The molecular weight excluding hydrogens is 605 g/mol. The molecule has 5 aromatic rings. The van der Waals surface area contributed by atoms with Crippen LogP contribution in [-0.2, 0) is 4.74 Å². The molecule has 10 nitrogen and oxygen atoms in total. The van der Waals surface area contributed by atoms with Crippen LogP contribution in [0.2, 0.25) is 10.0 Å². The molecule has 4 N–H and O–H groups in total. The predicted molar refractivity (Wildman–Crippen MR) is 170 cm³/mol. The topological polar surface area (TPSA) is 131 Å². The summed E-state index contributed by atoms with van der Waals surface area (Å²) >= 11 is 14.7. The third kappa shape index (κ3) is 5.40. The van der Waals surface area contributed by atoms with Crippen molar-refractivity contribution in [3.8, 4) is 11.3 Å². The second kappa shape index (κ2) is 11.5. The molecule has 220 valence electrons. The molecule has 2 fully saturated rings. The lowest BCUT2D eigenvalue weighted by molar-refractivity contribution is 0.0974. The number of benzene rings is 1. The molecular formula is C30H29Cl2N9OS. The molecule has 0 saturated carbocycles. The molecule has 0 radical (unpaired) electrons. The van der Waals surface area contributed by atoms with Crippen LogP contribution in [0.15, 0.2) is 71.2 Å². The number of nitrogens with zero attached hydrogens (tertiary/aromatic N) is 6. The number of pyridine rings is 1. The number of hydrogen-bond donors (Lipinski definition) is 3. The molecule has 1 aromatic carbocycles. The molecule has 13 heteroatoms. The van der Waals surface area contributed by atoms with E-state index < -0.39 is 0 Å². The van der Waals surface area contributed by atoms with Crippen molar-refractivity contribution in [1.82, 2.24) is 29.9 Å². The first kappa shape index (κ1) is 28.3. The molecule has 7 rings (SSSR count). The molecule has 6 heterocycles. The maximum absolute atomic E-state index is 6.78. The largest absolute Gasteiger partial charge is 0.376 e. The van der Waals surface area contributed by atoms with Crippen LogP contribution in [0.3, 0.4) is 0 Å². The van der Waals surface area contributed by atoms with E-state index in [1.165, 1.54) is 11.8 Å². The van der Waals surface area contributed by atoms with Crippen molar-refractivity contribution in [2.45, 2.75) is 41.8 Å². The Hall–Kier alpha value is -3.48. The van der Waals surface area contributed by atoms with E-state index in [1.54, 1.807) is 18.6 Å². The van der Waals surface area contributed by atoms with Gasteiger partial charge in [0.25, 0.3) is 0 Å². The third-order valence-electron chi connectivity index (χ3n) is 8.43. The van der Waals surface area contributed by atoms with Gasteiger partial charge in [0.1, 0.15) is 10.8 Å². The smallest absolute Gasteiger partial charge is 0.229 e. The van der Waals surface area contributed by atoms with Crippen molar-refractivity contribution >= 4 is 63.5 Å². The van der Waals surface area contributed by atoms with Crippen molar-refractivity contribution in [1.29, 1.82) is 0 Å². The van der Waals surface area contributed by atoms with Gasteiger partial charge in [-0.05, 0) is 31.9 Å². The Bertz CT molecular complexity index is 1780. The van der Waals surface area contributed by atoms with Gasteiger partial charge in [-0.25, -0.2) is 24.9 Å². The number of ether oxygens (including phenoxy) is 1. The van der Waals surface area contributed by atoms with E-state index in [-0.39, 0.29) is 17.6 Å². The second-order valence-corrected chi connectivity index (χ2v) is 12.8. The van der Waals surface area contributed by atoms with Crippen LogP contribution >= 0.6 is 35.0 Å². The number of nitrogens with two attached hydrogens (primary N) is 1. The molecule has 0 amide bonds. The summed E-state index contributed by atoms with van der Waals surface area (Å²) in [6.45, 7) is 4.56. The molecule has 2 aliphatic rings. The zero-order chi connectivity index (χ0) is 29.6. The van der Waals surface area contributed by atoms with Gasteiger partial charge in [-0.2, -0.15) is 0 Å². The lowest BCUT2D eigenvalue weighted by Crippen LogP contribution is -2.50. The number of nitrogens with one attached hydrogen (secondary N) is 2. The number of H-pyrrole nitrogens is 1. The molecule has 2 saturated heterocycles. The first-order chi connectivity index (χ1) is 20.9. The Labute approximate surface area is 262 Å². The molecule has 0 aliphatic carbocycles. The van der Waals surface area contributed by atoms with Crippen LogP contribution in [0, 0.1) is 5.41 Å². The van der Waals surface area contributed by atoms with Crippen molar-refractivity contribution < 1.29 is 4.74 Å². The van der Waals surface area contributed by atoms with E-state index >= 15 is 0 Å². The lowest BCUT2D eigenvalue weighted by Gasteiger charge is -2.41. The van der Waals surface area contributed by atoms with Gasteiger partial charge in [0.2, 0.25) is 5.95 Å². The van der Waals surface area contributed by atoms with Crippen LogP contribution in [0.25, 0.3) is 22.2 Å². The van der Waals surface area contributed by atoms with Gasteiger partial charge in [0, 0.05) is 58.3 Å². The van der Waals surface area contributed by atoms with Crippen LogP contribution in [0.1, 0.15) is 19.8 Å². The van der Waals surface area contributed by atoms with Crippen molar-refractivity contribution in [2.24, 2.45) is 11.1 Å². The Morgan fingerprint density at radius 2 is 1.91 bits per heavy atom. The fourth-order valence-electron chi connectivity index (χ4n) is 5.87. The van der Waals surface area contributed by atoms with Gasteiger partial charge in [-0.15, -0.1) is 0 Å². The highest BCUT2D eigenvalue weighted by Crippen LogP contribution is 2.42. The minimum absolute atomic E-state index is 0.0675. The van der Waals surface area contributed by atoms with Crippen molar-refractivity contribution in [3.05, 3.63) is 71.4 Å². The Morgan fingerprint density at radius 3 is 2.67 bits per heavy atom. The number of para-hydroxylation sites is 1. The highest BCUT2D eigenvalue weighted by Gasteiger charge is 2.47. The zero-order valence-electron chi connectivity index (χ0n) is 23.3. The summed E-state index contributed by atoms with van der Waals surface area (Å²) < 4.78 is 5.85. The van der Waals surface area contributed by atoms with Crippen LogP contribution in [-0.4, -0.2) is 61.7 Å². The number of halogens is 2.